The summed E-state index contributed by atoms with van der Waals surface area (Å²) in [5.41, 5.74) is 1.24. The zero-order chi connectivity index (χ0) is 21.0. The van der Waals surface area contributed by atoms with Gasteiger partial charge in [0.2, 0.25) is 0 Å². The molecule has 2 saturated carbocycles. The Bertz CT molecular complexity index is 553. The van der Waals surface area contributed by atoms with E-state index in [0.29, 0.717) is 0 Å². The van der Waals surface area contributed by atoms with Gasteiger partial charge in [0, 0.05) is 5.69 Å². The lowest BCUT2D eigenvalue weighted by Crippen LogP contribution is -2.26. The highest BCUT2D eigenvalue weighted by atomic mass is 16.5. The smallest absolute Gasteiger partial charge is 0.137 e. The highest BCUT2D eigenvalue weighted by Gasteiger charge is 2.30. The molecule has 30 heavy (non-hydrogen) atoms. The normalized spacial score (nSPS) is 27.1. The standard InChI is InChI=1S/C28H47NO/c1-3-5-7-21-30-28-20-19-27(29-22-28)18-13-24-11-16-26(17-12-24)25-14-9-23(10-15-25)8-6-4-2/h19-20,22-26H,3-18,21H2,1-2H3/t23-,24-,25-,26-. The number of aryl methyl sites for hydroxylation is 1. The molecule has 0 aliphatic heterocycles. The maximum absolute atomic E-state index is 5.79. The molecule has 1 aromatic heterocycles. The van der Waals surface area contributed by atoms with Crippen LogP contribution in [0.3, 0.4) is 0 Å². The lowest BCUT2D eigenvalue weighted by molar-refractivity contribution is 0.140. The molecular formula is C28H47NO. The Kier molecular flexibility index (Phi) is 10.5. The number of pyridine rings is 1. The van der Waals surface area contributed by atoms with Crippen LogP contribution in [0.5, 0.6) is 5.75 Å². The second-order valence-electron chi connectivity index (χ2n) is 10.3. The van der Waals surface area contributed by atoms with Gasteiger partial charge >= 0.3 is 0 Å². The minimum Gasteiger partial charge on any atom is -0.492 e. The largest absolute Gasteiger partial charge is 0.492 e. The number of rotatable bonds is 12. The monoisotopic (exact) mass is 413 g/mol. The molecule has 1 aromatic rings. The first-order valence-electron chi connectivity index (χ1n) is 13.4. The molecule has 2 aliphatic rings. The Hall–Kier alpha value is -1.05. The molecule has 170 valence electrons. The Balaban J connectivity index is 1.30. The predicted molar refractivity (Wildman–Crippen MR) is 128 cm³/mol. The second kappa shape index (κ2) is 13.4. The minimum atomic E-state index is 0.818. The second-order valence-corrected chi connectivity index (χ2v) is 10.3. The van der Waals surface area contributed by atoms with E-state index < -0.39 is 0 Å². The topological polar surface area (TPSA) is 22.1 Å². The summed E-state index contributed by atoms with van der Waals surface area (Å²) >= 11 is 0. The van der Waals surface area contributed by atoms with E-state index in [-0.39, 0.29) is 0 Å². The Labute approximate surface area is 186 Å². The third-order valence-corrected chi connectivity index (χ3v) is 8.04. The van der Waals surface area contributed by atoms with Crippen LogP contribution in [0, 0.1) is 23.7 Å². The summed E-state index contributed by atoms with van der Waals surface area (Å²) in [6.45, 7) is 5.38. The van der Waals surface area contributed by atoms with Crippen molar-refractivity contribution in [1.82, 2.24) is 4.98 Å². The van der Waals surface area contributed by atoms with Crippen LogP contribution in [0.1, 0.15) is 116 Å². The number of unbranched alkanes of at least 4 members (excludes halogenated alkanes) is 3. The number of ether oxygens (including phenoxy) is 1. The summed E-state index contributed by atoms with van der Waals surface area (Å²) in [6.07, 6.45) is 24.3. The molecule has 2 fully saturated rings. The van der Waals surface area contributed by atoms with Crippen molar-refractivity contribution < 1.29 is 4.74 Å². The van der Waals surface area contributed by atoms with Gasteiger partial charge in [0.05, 0.1) is 12.8 Å². The first-order valence-corrected chi connectivity index (χ1v) is 13.4. The van der Waals surface area contributed by atoms with E-state index in [4.69, 9.17) is 4.74 Å². The molecule has 0 aromatic carbocycles. The molecule has 0 amide bonds. The number of aromatic nitrogens is 1. The van der Waals surface area contributed by atoms with Gasteiger partial charge in [0.15, 0.2) is 0 Å². The highest BCUT2D eigenvalue weighted by molar-refractivity contribution is 5.19. The summed E-state index contributed by atoms with van der Waals surface area (Å²) in [4.78, 5) is 4.65. The van der Waals surface area contributed by atoms with Crippen molar-refractivity contribution in [2.75, 3.05) is 6.61 Å². The van der Waals surface area contributed by atoms with Gasteiger partial charge in [-0.1, -0.05) is 71.6 Å². The van der Waals surface area contributed by atoms with E-state index in [9.17, 15) is 0 Å². The summed E-state index contributed by atoms with van der Waals surface area (Å²) in [5, 5.41) is 0. The molecule has 0 saturated heterocycles. The molecule has 1 heterocycles. The molecule has 0 unspecified atom stereocenters. The van der Waals surface area contributed by atoms with Crippen molar-refractivity contribution >= 4 is 0 Å². The van der Waals surface area contributed by atoms with Crippen LogP contribution >= 0.6 is 0 Å². The van der Waals surface area contributed by atoms with Crippen molar-refractivity contribution in [2.45, 2.75) is 117 Å². The van der Waals surface area contributed by atoms with Gasteiger partial charge in [0.1, 0.15) is 5.75 Å². The summed E-state index contributed by atoms with van der Waals surface area (Å²) in [5.74, 6) is 5.00. The lowest BCUT2D eigenvalue weighted by atomic mass is 9.68. The van der Waals surface area contributed by atoms with Gasteiger partial charge in [-0.15, -0.1) is 0 Å². The van der Waals surface area contributed by atoms with Crippen LogP contribution in [-0.4, -0.2) is 11.6 Å². The Morgan fingerprint density at radius 2 is 1.40 bits per heavy atom. The van der Waals surface area contributed by atoms with Gasteiger partial charge in [-0.3, -0.25) is 4.98 Å². The van der Waals surface area contributed by atoms with E-state index >= 15 is 0 Å². The van der Waals surface area contributed by atoms with E-state index in [2.05, 4.69) is 31.0 Å². The van der Waals surface area contributed by atoms with Gasteiger partial charge < -0.3 is 4.74 Å². The lowest BCUT2D eigenvalue weighted by Gasteiger charge is -2.38. The Morgan fingerprint density at radius 3 is 1.97 bits per heavy atom. The fraction of sp³-hybridized carbons (Fsp3) is 0.821. The molecule has 0 atom stereocenters. The van der Waals surface area contributed by atoms with Gasteiger partial charge in [-0.05, 0) is 80.8 Å². The fourth-order valence-electron chi connectivity index (χ4n) is 5.93. The summed E-state index contributed by atoms with van der Waals surface area (Å²) in [7, 11) is 0. The first kappa shape index (κ1) is 23.6. The van der Waals surface area contributed by atoms with Crippen molar-refractivity contribution in [2.24, 2.45) is 23.7 Å². The molecular weight excluding hydrogens is 366 g/mol. The van der Waals surface area contributed by atoms with Crippen LogP contribution in [0.25, 0.3) is 0 Å². The number of hydrogen-bond acceptors (Lipinski definition) is 2. The van der Waals surface area contributed by atoms with E-state index in [0.717, 1.165) is 48.9 Å². The highest BCUT2D eigenvalue weighted by Crippen LogP contribution is 2.43. The molecule has 2 aliphatic carbocycles. The van der Waals surface area contributed by atoms with Gasteiger partial charge in [0.25, 0.3) is 0 Å². The van der Waals surface area contributed by atoms with Crippen LogP contribution in [0.4, 0.5) is 0 Å². The van der Waals surface area contributed by atoms with Crippen molar-refractivity contribution in [1.29, 1.82) is 0 Å². The molecule has 0 N–H and O–H groups in total. The van der Waals surface area contributed by atoms with E-state index in [1.807, 2.05) is 6.20 Å². The average Bonchev–Trinajstić information content (AvgIpc) is 2.81. The molecule has 0 bridgehead atoms. The van der Waals surface area contributed by atoms with Crippen molar-refractivity contribution in [3.8, 4) is 5.75 Å². The SMILES string of the molecule is CCCCCOc1ccc(CC[C@H]2CC[C@H]([C@H]3CC[C@H](CCCC)CC3)CC2)nc1. The zero-order valence-electron chi connectivity index (χ0n) is 19.9. The third kappa shape index (κ3) is 7.89. The van der Waals surface area contributed by atoms with Crippen LogP contribution in [-0.2, 0) is 6.42 Å². The third-order valence-electron chi connectivity index (χ3n) is 8.04. The van der Waals surface area contributed by atoms with E-state index in [1.54, 1.807) is 0 Å². The summed E-state index contributed by atoms with van der Waals surface area (Å²) in [6, 6.07) is 4.29. The maximum Gasteiger partial charge on any atom is 0.137 e. The number of nitrogens with zero attached hydrogens (tertiary/aromatic N) is 1. The first-order chi connectivity index (χ1) is 14.8. The Morgan fingerprint density at radius 1 is 0.767 bits per heavy atom. The number of hydrogen-bond donors (Lipinski definition) is 0. The zero-order valence-corrected chi connectivity index (χ0v) is 19.9. The molecule has 0 radical (unpaired) electrons. The molecule has 3 rings (SSSR count). The van der Waals surface area contributed by atoms with Crippen LogP contribution in [0.15, 0.2) is 18.3 Å². The predicted octanol–water partition coefficient (Wildman–Crippen LogP) is 8.39. The quantitative estimate of drug-likeness (QED) is 0.321. The molecule has 0 spiro atoms. The van der Waals surface area contributed by atoms with E-state index in [1.165, 1.54) is 95.6 Å². The minimum absolute atomic E-state index is 0.818. The molecule has 2 nitrogen and oxygen atoms in total. The fourth-order valence-corrected chi connectivity index (χ4v) is 5.93. The van der Waals surface area contributed by atoms with Crippen LogP contribution in [0.2, 0.25) is 0 Å². The maximum atomic E-state index is 5.79. The van der Waals surface area contributed by atoms with Crippen molar-refractivity contribution in [3.63, 3.8) is 0 Å². The van der Waals surface area contributed by atoms with Gasteiger partial charge in [-0.2, -0.15) is 0 Å². The van der Waals surface area contributed by atoms with Crippen molar-refractivity contribution in [3.05, 3.63) is 24.0 Å². The van der Waals surface area contributed by atoms with Gasteiger partial charge in [-0.25, -0.2) is 0 Å². The summed E-state index contributed by atoms with van der Waals surface area (Å²) < 4.78 is 5.79. The molecule has 2 heteroatoms. The van der Waals surface area contributed by atoms with Crippen LogP contribution < -0.4 is 4.74 Å². The average molecular weight is 414 g/mol.